The summed E-state index contributed by atoms with van der Waals surface area (Å²) in [5, 5.41) is 22.7. The number of amides is 1. The fourth-order valence-electron chi connectivity index (χ4n) is 6.51. The topological polar surface area (TPSA) is 96.3 Å². The van der Waals surface area contributed by atoms with Gasteiger partial charge in [-0.15, -0.1) is 0 Å². The molecule has 3 atom stereocenters. The van der Waals surface area contributed by atoms with Crippen LogP contribution in [0.5, 0.6) is 0 Å². The van der Waals surface area contributed by atoms with Crippen LogP contribution in [0.2, 0.25) is 10.0 Å². The van der Waals surface area contributed by atoms with Gasteiger partial charge in [0.15, 0.2) is 5.72 Å². The molecule has 2 heterocycles. The largest absolute Gasteiger partial charge is 0.481 e. The first-order valence-corrected chi connectivity index (χ1v) is 14.6. The van der Waals surface area contributed by atoms with Crippen LogP contribution in [0.1, 0.15) is 71.3 Å². The minimum Gasteiger partial charge on any atom is -0.481 e. The zero-order valence-electron chi connectivity index (χ0n) is 23.3. The number of benzene rings is 3. The zero-order chi connectivity index (χ0) is 30.2. The van der Waals surface area contributed by atoms with Crippen LogP contribution >= 0.6 is 23.2 Å². The van der Waals surface area contributed by atoms with E-state index in [1.54, 1.807) is 48.5 Å². The van der Waals surface area contributed by atoms with Gasteiger partial charge in [0.1, 0.15) is 5.82 Å². The Morgan fingerprint density at radius 2 is 1.71 bits per heavy atom. The van der Waals surface area contributed by atoms with Gasteiger partial charge in [0, 0.05) is 35.9 Å². The van der Waals surface area contributed by atoms with Gasteiger partial charge in [-0.25, -0.2) is 4.39 Å². The molecule has 0 aromatic heterocycles. The SMILES string of the molecule is CC[C@@](O)(c1cc(F)c2c(c1)C(=O)N([C@@H](CC(=O)O)c1ccc(Cl)cc1)[C@@]2(OC)c1ccc(Cl)cc1)C1CCOCC1. The third-order valence-electron chi connectivity index (χ3n) is 8.62. The first-order chi connectivity index (χ1) is 20.1. The number of carboxylic acids is 1. The second-order valence-corrected chi connectivity index (χ2v) is 11.6. The molecule has 10 heteroatoms. The normalized spacial score (nSPS) is 21.2. The van der Waals surface area contributed by atoms with Gasteiger partial charge >= 0.3 is 5.97 Å². The lowest BCUT2D eigenvalue weighted by Crippen LogP contribution is -2.49. The van der Waals surface area contributed by atoms with E-state index in [0.717, 1.165) is 0 Å². The van der Waals surface area contributed by atoms with Crippen molar-refractivity contribution in [1.82, 2.24) is 4.90 Å². The number of halogens is 3. The molecule has 2 N–H and O–H groups in total. The van der Waals surface area contributed by atoms with E-state index in [9.17, 15) is 19.8 Å². The second-order valence-electron chi connectivity index (χ2n) is 10.7. The summed E-state index contributed by atoms with van der Waals surface area (Å²) in [5.74, 6) is -2.74. The third kappa shape index (κ3) is 5.09. The van der Waals surface area contributed by atoms with Crippen LogP contribution in [-0.4, -0.2) is 47.3 Å². The maximum atomic E-state index is 16.6. The third-order valence-corrected chi connectivity index (χ3v) is 9.12. The molecule has 0 radical (unpaired) electrons. The lowest BCUT2D eigenvalue weighted by Gasteiger charge is -2.42. The number of fused-ring (bicyclic) bond motifs is 1. The van der Waals surface area contributed by atoms with E-state index in [1.807, 2.05) is 6.92 Å². The lowest BCUT2D eigenvalue weighted by atomic mass is 9.74. The highest BCUT2D eigenvalue weighted by Gasteiger charge is 2.57. The highest BCUT2D eigenvalue weighted by Crippen LogP contribution is 2.52. The molecule has 7 nitrogen and oxygen atoms in total. The van der Waals surface area contributed by atoms with Gasteiger partial charge in [0.05, 0.1) is 29.2 Å². The van der Waals surface area contributed by atoms with Crippen molar-refractivity contribution in [3.05, 3.63) is 104 Å². The van der Waals surface area contributed by atoms with E-state index in [4.69, 9.17) is 32.7 Å². The maximum Gasteiger partial charge on any atom is 0.305 e. The van der Waals surface area contributed by atoms with Gasteiger partial charge in [-0.05, 0) is 72.7 Å². The van der Waals surface area contributed by atoms with Gasteiger partial charge in [-0.3, -0.25) is 14.5 Å². The van der Waals surface area contributed by atoms with Gasteiger partial charge in [0.25, 0.3) is 5.91 Å². The molecule has 2 aliphatic rings. The molecule has 0 bridgehead atoms. The number of carbonyl (C=O) groups is 2. The molecule has 1 fully saturated rings. The minimum atomic E-state index is -1.84. The van der Waals surface area contributed by atoms with Crippen molar-refractivity contribution < 1.29 is 33.7 Å². The molecular weight excluding hydrogens is 584 g/mol. The van der Waals surface area contributed by atoms with Gasteiger partial charge in [0.2, 0.25) is 0 Å². The summed E-state index contributed by atoms with van der Waals surface area (Å²) < 4.78 is 28.2. The molecule has 0 unspecified atom stereocenters. The summed E-state index contributed by atoms with van der Waals surface area (Å²) >= 11 is 12.3. The molecule has 222 valence electrons. The van der Waals surface area contributed by atoms with E-state index in [1.165, 1.54) is 24.1 Å². The highest BCUT2D eigenvalue weighted by atomic mass is 35.5. The first-order valence-electron chi connectivity index (χ1n) is 13.8. The van der Waals surface area contributed by atoms with Crippen LogP contribution in [-0.2, 0) is 25.6 Å². The number of nitrogens with zero attached hydrogens (tertiary/aromatic N) is 1. The Bertz CT molecular complexity index is 1480. The molecule has 3 aromatic rings. The quantitative estimate of drug-likeness (QED) is 0.279. The number of aliphatic hydroxyl groups is 1. The lowest BCUT2D eigenvalue weighted by molar-refractivity contribution is -0.142. The molecule has 0 spiro atoms. The van der Waals surface area contributed by atoms with Crippen molar-refractivity contribution >= 4 is 35.1 Å². The maximum absolute atomic E-state index is 16.6. The van der Waals surface area contributed by atoms with Crippen LogP contribution in [0.25, 0.3) is 0 Å². The Morgan fingerprint density at radius 1 is 1.12 bits per heavy atom. The minimum absolute atomic E-state index is 0.00918. The number of ether oxygens (including phenoxy) is 2. The molecule has 0 saturated carbocycles. The average Bonchev–Trinajstić information content (AvgIpc) is 3.25. The molecule has 42 heavy (non-hydrogen) atoms. The van der Waals surface area contributed by atoms with Crippen molar-refractivity contribution in [2.75, 3.05) is 20.3 Å². The van der Waals surface area contributed by atoms with E-state index in [2.05, 4.69) is 0 Å². The first kappa shape index (κ1) is 30.4. The Balaban J connectivity index is 1.77. The van der Waals surface area contributed by atoms with Crippen LogP contribution in [0.3, 0.4) is 0 Å². The molecule has 3 aromatic carbocycles. The summed E-state index contributed by atoms with van der Waals surface area (Å²) in [6.45, 7) is 2.79. The number of rotatable bonds is 9. The van der Waals surface area contributed by atoms with Crippen molar-refractivity contribution in [3.8, 4) is 0 Å². The number of aliphatic carboxylic acids is 1. The molecule has 2 aliphatic heterocycles. The molecule has 0 aliphatic carbocycles. The van der Waals surface area contributed by atoms with Gasteiger partial charge in [-0.1, -0.05) is 54.4 Å². The van der Waals surface area contributed by atoms with Crippen molar-refractivity contribution in [1.29, 1.82) is 0 Å². The Labute approximate surface area is 253 Å². The summed E-state index contributed by atoms with van der Waals surface area (Å²) in [5.41, 5.74) is -2.17. The number of carbonyl (C=O) groups excluding carboxylic acids is 1. The Hall–Kier alpha value is -3.01. The van der Waals surface area contributed by atoms with E-state index in [-0.39, 0.29) is 22.6 Å². The fraction of sp³-hybridized carbons (Fsp3) is 0.375. The van der Waals surface area contributed by atoms with Crippen molar-refractivity contribution in [2.24, 2.45) is 5.92 Å². The van der Waals surface area contributed by atoms with Crippen LogP contribution in [0.4, 0.5) is 4.39 Å². The molecule has 5 rings (SSSR count). The predicted molar refractivity (Wildman–Crippen MR) is 156 cm³/mol. The molecule has 1 amide bonds. The summed E-state index contributed by atoms with van der Waals surface area (Å²) in [6.07, 6.45) is 0.989. The smallest absolute Gasteiger partial charge is 0.305 e. The number of hydrogen-bond acceptors (Lipinski definition) is 5. The standard InChI is InChI=1S/C32H32Cl2FNO6/c1-3-31(40,20-12-14-42-15-13-20)22-16-25-29(26(35)17-22)32(41-2,21-6-10-24(34)11-7-21)36(30(25)39)27(18-28(37)38)19-4-8-23(33)9-5-19/h4-11,16-17,20,27,40H,3,12-15,18H2,1-2H3,(H,37,38)/t27-,31-,32+/m0/s1. The van der Waals surface area contributed by atoms with Crippen molar-refractivity contribution in [2.45, 2.75) is 50.0 Å². The number of hydrogen-bond donors (Lipinski definition) is 2. The molecular formula is C32H32Cl2FNO6. The molecule has 1 saturated heterocycles. The second kappa shape index (κ2) is 11.9. The van der Waals surface area contributed by atoms with Crippen LogP contribution in [0.15, 0.2) is 60.7 Å². The van der Waals surface area contributed by atoms with Gasteiger partial charge in [-0.2, -0.15) is 0 Å². The highest BCUT2D eigenvalue weighted by molar-refractivity contribution is 6.30. The van der Waals surface area contributed by atoms with Crippen LogP contribution in [0, 0.1) is 11.7 Å². The van der Waals surface area contributed by atoms with Crippen LogP contribution < -0.4 is 0 Å². The van der Waals surface area contributed by atoms with Gasteiger partial charge < -0.3 is 19.7 Å². The van der Waals surface area contributed by atoms with E-state index >= 15 is 4.39 Å². The summed E-state index contributed by atoms with van der Waals surface area (Å²) in [7, 11) is 1.35. The summed E-state index contributed by atoms with van der Waals surface area (Å²) in [4.78, 5) is 28.0. The Morgan fingerprint density at radius 3 is 2.26 bits per heavy atom. The predicted octanol–water partition coefficient (Wildman–Crippen LogP) is 6.68. The Kier molecular flexibility index (Phi) is 8.65. The zero-order valence-corrected chi connectivity index (χ0v) is 24.8. The van der Waals surface area contributed by atoms with Crippen molar-refractivity contribution in [3.63, 3.8) is 0 Å². The fourth-order valence-corrected chi connectivity index (χ4v) is 6.77. The number of methoxy groups -OCH3 is 1. The van der Waals surface area contributed by atoms with E-state index < -0.39 is 41.5 Å². The number of carboxylic acid groups (broad SMARTS) is 1. The summed E-state index contributed by atoms with van der Waals surface area (Å²) in [6, 6.07) is 14.6. The van der Waals surface area contributed by atoms with E-state index in [0.29, 0.717) is 53.6 Å². The monoisotopic (exact) mass is 615 g/mol. The average molecular weight is 617 g/mol.